The van der Waals surface area contributed by atoms with E-state index in [4.69, 9.17) is 0 Å². The third kappa shape index (κ3) is 3.84. The summed E-state index contributed by atoms with van der Waals surface area (Å²) in [6, 6.07) is 5.33. The SMILES string of the molecule is CC(C)S(=O)(=O)C(C)C(=O)N1CCN(S(=O)(=O)c2ccc3c(c2)CCC3)CC1. The number of piperazine rings is 1. The van der Waals surface area contributed by atoms with Gasteiger partial charge < -0.3 is 4.90 Å². The Morgan fingerprint density at radius 2 is 1.54 bits per heavy atom. The van der Waals surface area contributed by atoms with E-state index in [0.717, 1.165) is 24.8 Å². The van der Waals surface area contributed by atoms with Crippen LogP contribution in [0.4, 0.5) is 0 Å². The summed E-state index contributed by atoms with van der Waals surface area (Å²) in [4.78, 5) is 14.3. The average Bonchev–Trinajstić information content (AvgIpc) is 3.14. The Labute approximate surface area is 167 Å². The number of carbonyl (C=O) groups is 1. The van der Waals surface area contributed by atoms with Gasteiger partial charge in [0.15, 0.2) is 9.84 Å². The molecule has 0 aromatic heterocycles. The number of nitrogens with zero attached hydrogens (tertiary/aromatic N) is 2. The molecule has 1 amide bonds. The van der Waals surface area contributed by atoms with Crippen molar-refractivity contribution in [1.29, 1.82) is 0 Å². The first-order valence-electron chi connectivity index (χ1n) is 9.68. The largest absolute Gasteiger partial charge is 0.339 e. The molecule has 1 unspecified atom stereocenters. The van der Waals surface area contributed by atoms with E-state index >= 15 is 0 Å². The van der Waals surface area contributed by atoms with Crippen LogP contribution in [0.2, 0.25) is 0 Å². The number of fused-ring (bicyclic) bond motifs is 1. The number of benzene rings is 1. The zero-order chi connectivity index (χ0) is 20.7. The molecule has 0 spiro atoms. The van der Waals surface area contributed by atoms with Crippen molar-refractivity contribution in [3.63, 3.8) is 0 Å². The Morgan fingerprint density at radius 3 is 2.14 bits per heavy atom. The van der Waals surface area contributed by atoms with E-state index < -0.39 is 36.3 Å². The average molecular weight is 429 g/mol. The van der Waals surface area contributed by atoms with Gasteiger partial charge in [-0.1, -0.05) is 6.07 Å². The second-order valence-corrected chi connectivity index (χ2v) is 12.6. The van der Waals surface area contributed by atoms with Gasteiger partial charge in [0.1, 0.15) is 5.25 Å². The number of hydrogen-bond acceptors (Lipinski definition) is 5. The number of hydrogen-bond donors (Lipinski definition) is 0. The summed E-state index contributed by atoms with van der Waals surface area (Å²) in [5, 5.41) is -1.75. The second-order valence-electron chi connectivity index (χ2n) is 7.79. The lowest BCUT2D eigenvalue weighted by molar-refractivity contribution is -0.131. The normalized spacial score (nSPS) is 19.6. The molecule has 1 saturated heterocycles. The number of sulfonamides is 1. The summed E-state index contributed by atoms with van der Waals surface area (Å²) in [5.41, 5.74) is 2.32. The van der Waals surface area contributed by atoms with Crippen LogP contribution in [-0.4, -0.2) is 68.6 Å². The molecule has 1 aromatic carbocycles. The zero-order valence-electron chi connectivity index (χ0n) is 16.6. The van der Waals surface area contributed by atoms with Crippen LogP contribution >= 0.6 is 0 Å². The number of carbonyl (C=O) groups excluding carboxylic acids is 1. The summed E-state index contributed by atoms with van der Waals surface area (Å²) < 4.78 is 51.9. The first-order chi connectivity index (χ1) is 13.0. The smallest absolute Gasteiger partial charge is 0.243 e. The Bertz CT molecular complexity index is 962. The van der Waals surface area contributed by atoms with E-state index in [1.807, 2.05) is 6.07 Å². The van der Waals surface area contributed by atoms with Gasteiger partial charge in [0, 0.05) is 26.2 Å². The first-order valence-corrected chi connectivity index (χ1v) is 12.7. The van der Waals surface area contributed by atoms with Gasteiger partial charge in [-0.3, -0.25) is 4.79 Å². The van der Waals surface area contributed by atoms with E-state index in [1.54, 1.807) is 26.0 Å². The number of sulfone groups is 1. The van der Waals surface area contributed by atoms with Crippen molar-refractivity contribution < 1.29 is 21.6 Å². The van der Waals surface area contributed by atoms with E-state index in [-0.39, 0.29) is 26.2 Å². The van der Waals surface area contributed by atoms with Gasteiger partial charge in [0.25, 0.3) is 0 Å². The van der Waals surface area contributed by atoms with Crippen LogP contribution in [-0.2, 0) is 37.5 Å². The van der Waals surface area contributed by atoms with Crippen molar-refractivity contribution in [3.8, 4) is 0 Å². The highest BCUT2D eigenvalue weighted by atomic mass is 32.2. The van der Waals surface area contributed by atoms with Crippen molar-refractivity contribution >= 4 is 25.8 Å². The Kier molecular flexibility index (Phi) is 5.89. The highest BCUT2D eigenvalue weighted by Crippen LogP contribution is 2.27. The molecule has 9 heteroatoms. The predicted octanol–water partition coefficient (Wildman–Crippen LogP) is 1.22. The van der Waals surface area contributed by atoms with Crippen LogP contribution in [0.15, 0.2) is 23.1 Å². The molecule has 1 aliphatic heterocycles. The predicted molar refractivity (Wildman–Crippen MR) is 107 cm³/mol. The van der Waals surface area contributed by atoms with Crippen molar-refractivity contribution in [2.45, 2.75) is 55.4 Å². The summed E-state index contributed by atoms with van der Waals surface area (Å²) >= 11 is 0. The Balaban J connectivity index is 1.69. The fourth-order valence-electron chi connectivity index (χ4n) is 3.81. The maximum atomic E-state index is 13.0. The molecule has 1 heterocycles. The molecule has 1 atom stereocenters. The fourth-order valence-corrected chi connectivity index (χ4v) is 6.53. The maximum Gasteiger partial charge on any atom is 0.243 e. The molecule has 1 aliphatic carbocycles. The summed E-state index contributed by atoms with van der Waals surface area (Å²) in [6.45, 7) is 5.24. The molecule has 0 radical (unpaired) electrons. The van der Waals surface area contributed by atoms with Crippen molar-refractivity contribution in [3.05, 3.63) is 29.3 Å². The third-order valence-corrected chi connectivity index (χ3v) is 10.2. The lowest BCUT2D eigenvalue weighted by atomic mass is 10.1. The Hall–Kier alpha value is -1.45. The third-order valence-electron chi connectivity index (χ3n) is 5.76. The van der Waals surface area contributed by atoms with Crippen LogP contribution < -0.4 is 0 Å². The van der Waals surface area contributed by atoms with Crippen molar-refractivity contribution in [2.75, 3.05) is 26.2 Å². The van der Waals surface area contributed by atoms with Gasteiger partial charge >= 0.3 is 0 Å². The number of aryl methyl sites for hydroxylation is 2. The van der Waals surface area contributed by atoms with E-state index in [2.05, 4.69) is 0 Å². The van der Waals surface area contributed by atoms with Crippen LogP contribution in [0.3, 0.4) is 0 Å². The zero-order valence-corrected chi connectivity index (χ0v) is 18.2. The lowest BCUT2D eigenvalue weighted by Crippen LogP contribution is -2.53. The van der Waals surface area contributed by atoms with Gasteiger partial charge in [0.2, 0.25) is 15.9 Å². The lowest BCUT2D eigenvalue weighted by Gasteiger charge is -2.35. The van der Waals surface area contributed by atoms with Crippen molar-refractivity contribution in [1.82, 2.24) is 9.21 Å². The van der Waals surface area contributed by atoms with Gasteiger partial charge in [0.05, 0.1) is 10.1 Å². The van der Waals surface area contributed by atoms with Crippen LogP contribution in [0.25, 0.3) is 0 Å². The van der Waals surface area contributed by atoms with Gasteiger partial charge in [-0.15, -0.1) is 0 Å². The molecular formula is C19H28N2O5S2. The molecule has 28 heavy (non-hydrogen) atoms. The quantitative estimate of drug-likeness (QED) is 0.703. The van der Waals surface area contributed by atoms with E-state index in [1.165, 1.54) is 21.7 Å². The van der Waals surface area contributed by atoms with E-state index in [9.17, 15) is 21.6 Å². The minimum atomic E-state index is -3.62. The molecule has 0 bridgehead atoms. The molecule has 156 valence electrons. The second kappa shape index (κ2) is 7.76. The maximum absolute atomic E-state index is 13.0. The van der Waals surface area contributed by atoms with Crippen LogP contribution in [0, 0.1) is 0 Å². The number of rotatable bonds is 5. The summed E-state index contributed by atoms with van der Waals surface area (Å²) in [5.74, 6) is -0.455. The molecule has 2 aliphatic rings. The van der Waals surface area contributed by atoms with E-state index in [0.29, 0.717) is 4.90 Å². The molecule has 0 saturated carbocycles. The molecule has 7 nitrogen and oxygen atoms in total. The van der Waals surface area contributed by atoms with Crippen LogP contribution in [0.5, 0.6) is 0 Å². The van der Waals surface area contributed by atoms with Gasteiger partial charge in [-0.25, -0.2) is 16.8 Å². The minimum Gasteiger partial charge on any atom is -0.339 e. The van der Waals surface area contributed by atoms with Crippen LogP contribution in [0.1, 0.15) is 38.3 Å². The molecule has 1 fully saturated rings. The minimum absolute atomic E-state index is 0.166. The molecule has 3 rings (SSSR count). The summed E-state index contributed by atoms with van der Waals surface area (Å²) in [7, 11) is -7.16. The van der Waals surface area contributed by atoms with Crippen molar-refractivity contribution in [2.24, 2.45) is 0 Å². The topological polar surface area (TPSA) is 91.8 Å². The first kappa shape index (κ1) is 21.3. The van der Waals surface area contributed by atoms with Gasteiger partial charge in [-0.2, -0.15) is 4.31 Å². The fraction of sp³-hybridized carbons (Fsp3) is 0.632. The summed E-state index contributed by atoms with van der Waals surface area (Å²) in [6.07, 6.45) is 2.95. The monoisotopic (exact) mass is 428 g/mol. The number of amides is 1. The highest BCUT2D eigenvalue weighted by Gasteiger charge is 2.37. The van der Waals surface area contributed by atoms with Gasteiger partial charge in [-0.05, 0) is 63.3 Å². The Morgan fingerprint density at radius 1 is 0.929 bits per heavy atom. The standard InChI is InChI=1S/C19H28N2O5S2/c1-14(2)27(23,24)15(3)19(22)20-9-11-21(12-10-20)28(25,26)18-8-7-16-5-4-6-17(16)13-18/h7-8,13-15H,4-6,9-12H2,1-3H3. The molecule has 1 aromatic rings. The molecule has 0 N–H and O–H groups in total. The highest BCUT2D eigenvalue weighted by molar-refractivity contribution is 7.93. The molecular weight excluding hydrogens is 400 g/mol.